The van der Waals surface area contributed by atoms with Crippen LogP contribution >= 0.6 is 15.9 Å². The molecular formula is C13H9BrN2O5. The molecule has 0 bridgehead atoms. The predicted molar refractivity (Wildman–Crippen MR) is 78.9 cm³/mol. The monoisotopic (exact) mass is 352 g/mol. The van der Waals surface area contributed by atoms with Crippen LogP contribution in [0.1, 0.15) is 5.56 Å². The zero-order valence-corrected chi connectivity index (χ0v) is 12.1. The number of hydrogen-bond acceptors (Lipinski definition) is 5. The van der Waals surface area contributed by atoms with Crippen molar-refractivity contribution in [1.29, 1.82) is 0 Å². The smallest absolute Gasteiger partial charge is 0.273 e. The number of benzene rings is 2. The van der Waals surface area contributed by atoms with Gasteiger partial charge in [-0.05, 0) is 12.1 Å². The number of nitro benzene ring substituents is 2. The molecule has 0 radical (unpaired) electrons. The van der Waals surface area contributed by atoms with Crippen LogP contribution in [0.2, 0.25) is 0 Å². The van der Waals surface area contributed by atoms with Crippen molar-refractivity contribution in [3.05, 3.63) is 68.3 Å². The van der Waals surface area contributed by atoms with Crippen molar-refractivity contribution in [2.75, 3.05) is 0 Å². The maximum absolute atomic E-state index is 10.7. The van der Waals surface area contributed by atoms with Crippen LogP contribution in [0.3, 0.4) is 0 Å². The first-order valence-electron chi connectivity index (χ1n) is 5.77. The summed E-state index contributed by atoms with van der Waals surface area (Å²) in [5.74, 6) is 0.693. The Kier molecular flexibility index (Phi) is 4.49. The molecule has 0 atom stereocenters. The second kappa shape index (κ2) is 6.31. The lowest BCUT2D eigenvalue weighted by molar-refractivity contribution is -0.385. The zero-order chi connectivity index (χ0) is 15.4. The number of halogens is 1. The topological polar surface area (TPSA) is 95.5 Å². The van der Waals surface area contributed by atoms with E-state index < -0.39 is 9.85 Å². The van der Waals surface area contributed by atoms with Crippen LogP contribution in [0.25, 0.3) is 0 Å². The summed E-state index contributed by atoms with van der Waals surface area (Å²) in [4.78, 5) is 20.4. The van der Waals surface area contributed by atoms with Crippen LogP contribution in [0.4, 0.5) is 11.4 Å². The minimum absolute atomic E-state index is 0.0455. The van der Waals surface area contributed by atoms with Crippen molar-refractivity contribution in [1.82, 2.24) is 0 Å². The van der Waals surface area contributed by atoms with Gasteiger partial charge in [0, 0.05) is 29.1 Å². The van der Waals surface area contributed by atoms with Gasteiger partial charge in [-0.2, -0.15) is 0 Å². The number of non-ortho nitro benzene ring substituents is 2. The Labute approximate surface area is 127 Å². The number of alkyl halides is 1. The van der Waals surface area contributed by atoms with Gasteiger partial charge >= 0.3 is 0 Å². The molecule has 0 aromatic heterocycles. The maximum Gasteiger partial charge on any atom is 0.273 e. The molecule has 2 aromatic rings. The number of rotatable bonds is 5. The molecule has 0 saturated heterocycles. The van der Waals surface area contributed by atoms with Crippen LogP contribution < -0.4 is 4.74 Å². The van der Waals surface area contributed by atoms with Crippen LogP contribution in [-0.2, 0) is 5.33 Å². The van der Waals surface area contributed by atoms with Gasteiger partial charge in [-0.3, -0.25) is 20.2 Å². The Balaban J connectivity index is 2.33. The van der Waals surface area contributed by atoms with Crippen LogP contribution in [0, 0.1) is 20.2 Å². The third-order valence-electron chi connectivity index (χ3n) is 2.66. The number of hydrogen-bond donors (Lipinski definition) is 0. The number of ether oxygens (including phenoxy) is 1. The quantitative estimate of drug-likeness (QED) is 0.456. The van der Waals surface area contributed by atoms with E-state index in [1.807, 2.05) is 0 Å². The Morgan fingerprint density at radius 2 is 1.67 bits per heavy atom. The van der Waals surface area contributed by atoms with E-state index in [9.17, 15) is 20.2 Å². The second-order valence-corrected chi connectivity index (χ2v) is 4.60. The minimum atomic E-state index is -0.520. The van der Waals surface area contributed by atoms with Gasteiger partial charge in [0.15, 0.2) is 0 Å². The molecule has 0 fully saturated rings. The SMILES string of the molecule is O=[N+]([O-])c1cccc(Oc2ccc([N+](=O)[O-])cc2CBr)c1. The molecular weight excluding hydrogens is 344 g/mol. The molecule has 2 aromatic carbocycles. The molecule has 21 heavy (non-hydrogen) atoms. The standard InChI is InChI=1S/C13H9BrN2O5/c14-8-9-6-11(16(19)20)4-5-13(9)21-12-3-1-2-10(7-12)15(17)18/h1-7H,8H2. The fourth-order valence-electron chi connectivity index (χ4n) is 1.67. The largest absolute Gasteiger partial charge is 0.457 e. The summed E-state index contributed by atoms with van der Waals surface area (Å²) >= 11 is 3.23. The molecule has 0 spiro atoms. The molecule has 7 nitrogen and oxygen atoms in total. The zero-order valence-electron chi connectivity index (χ0n) is 10.6. The molecule has 0 N–H and O–H groups in total. The van der Waals surface area contributed by atoms with Crippen LogP contribution in [0.15, 0.2) is 42.5 Å². The van der Waals surface area contributed by atoms with Gasteiger partial charge in [-0.1, -0.05) is 22.0 Å². The Morgan fingerprint density at radius 3 is 2.29 bits per heavy atom. The summed E-state index contributed by atoms with van der Waals surface area (Å²) in [6.07, 6.45) is 0. The van der Waals surface area contributed by atoms with E-state index in [0.29, 0.717) is 22.4 Å². The van der Waals surface area contributed by atoms with E-state index in [4.69, 9.17) is 4.74 Å². The van der Waals surface area contributed by atoms with Crippen molar-refractivity contribution in [2.24, 2.45) is 0 Å². The van der Waals surface area contributed by atoms with E-state index in [1.165, 1.54) is 36.4 Å². The highest BCUT2D eigenvalue weighted by molar-refractivity contribution is 9.08. The first-order chi connectivity index (χ1) is 10.0. The lowest BCUT2D eigenvalue weighted by Crippen LogP contribution is -1.94. The number of nitro groups is 2. The van der Waals surface area contributed by atoms with Crippen molar-refractivity contribution >= 4 is 27.3 Å². The predicted octanol–water partition coefficient (Wildman–Crippen LogP) is 4.19. The van der Waals surface area contributed by atoms with Crippen molar-refractivity contribution in [3.8, 4) is 11.5 Å². The Bertz CT molecular complexity index is 705. The van der Waals surface area contributed by atoms with Gasteiger partial charge in [-0.25, -0.2) is 0 Å². The lowest BCUT2D eigenvalue weighted by atomic mass is 10.2. The summed E-state index contributed by atoms with van der Waals surface area (Å²) in [5.41, 5.74) is 0.446. The van der Waals surface area contributed by atoms with E-state index in [-0.39, 0.29) is 11.4 Å². The van der Waals surface area contributed by atoms with Crippen molar-refractivity contribution < 1.29 is 14.6 Å². The van der Waals surface area contributed by atoms with Gasteiger partial charge in [0.05, 0.1) is 15.9 Å². The van der Waals surface area contributed by atoms with E-state index in [2.05, 4.69) is 15.9 Å². The molecule has 0 unspecified atom stereocenters. The highest BCUT2D eigenvalue weighted by Gasteiger charge is 2.13. The van der Waals surface area contributed by atoms with Crippen molar-refractivity contribution in [2.45, 2.75) is 5.33 Å². The first kappa shape index (κ1) is 14.9. The molecule has 0 aliphatic rings. The minimum Gasteiger partial charge on any atom is -0.457 e. The van der Waals surface area contributed by atoms with E-state index in [0.717, 1.165) is 0 Å². The molecule has 108 valence electrons. The molecule has 0 saturated carbocycles. The molecule has 0 aliphatic heterocycles. The fourth-order valence-corrected chi connectivity index (χ4v) is 2.11. The third-order valence-corrected chi connectivity index (χ3v) is 3.26. The fraction of sp³-hybridized carbons (Fsp3) is 0.0769. The Morgan fingerprint density at radius 1 is 1.00 bits per heavy atom. The lowest BCUT2D eigenvalue weighted by Gasteiger charge is -2.09. The number of nitrogens with zero attached hydrogens (tertiary/aromatic N) is 2. The summed E-state index contributed by atoms with van der Waals surface area (Å²) in [6.45, 7) is 0. The average Bonchev–Trinajstić information content (AvgIpc) is 2.47. The van der Waals surface area contributed by atoms with E-state index >= 15 is 0 Å². The van der Waals surface area contributed by atoms with Gasteiger partial charge in [-0.15, -0.1) is 0 Å². The molecule has 0 amide bonds. The van der Waals surface area contributed by atoms with Crippen LogP contribution in [0.5, 0.6) is 11.5 Å². The highest BCUT2D eigenvalue weighted by atomic mass is 79.9. The molecule has 0 aliphatic carbocycles. The maximum atomic E-state index is 10.7. The summed E-state index contributed by atoms with van der Waals surface area (Å²) < 4.78 is 5.57. The highest BCUT2D eigenvalue weighted by Crippen LogP contribution is 2.31. The van der Waals surface area contributed by atoms with Crippen LogP contribution in [-0.4, -0.2) is 9.85 Å². The second-order valence-electron chi connectivity index (χ2n) is 4.04. The summed E-state index contributed by atoms with van der Waals surface area (Å²) in [5, 5.41) is 21.8. The van der Waals surface area contributed by atoms with Gasteiger partial charge < -0.3 is 4.74 Å². The van der Waals surface area contributed by atoms with Gasteiger partial charge in [0.25, 0.3) is 11.4 Å². The third kappa shape index (κ3) is 3.54. The molecule has 8 heteroatoms. The van der Waals surface area contributed by atoms with Gasteiger partial charge in [0.2, 0.25) is 0 Å². The Hall–Kier alpha value is -2.48. The van der Waals surface area contributed by atoms with Gasteiger partial charge in [0.1, 0.15) is 11.5 Å². The summed E-state index contributed by atoms with van der Waals surface area (Å²) in [6, 6.07) is 9.90. The summed E-state index contributed by atoms with van der Waals surface area (Å²) in [7, 11) is 0. The normalized spacial score (nSPS) is 10.1. The first-order valence-corrected chi connectivity index (χ1v) is 6.89. The van der Waals surface area contributed by atoms with E-state index in [1.54, 1.807) is 6.07 Å². The van der Waals surface area contributed by atoms with Crippen molar-refractivity contribution in [3.63, 3.8) is 0 Å². The average molecular weight is 353 g/mol. The molecule has 2 rings (SSSR count). The molecule has 0 heterocycles.